The molecule has 1 N–H and O–H groups in total. The standard InChI is InChI=1S/C18H23N5O4S/c1-13(24)14-4-6-15(7-5-14)28(25,26)21-16-12-19-18(20-17(16)22(2)3)23-8-10-27-11-9-23/h4-7,12,21H,8-11H2,1-3H3. The van der Waals surface area contributed by atoms with Crippen molar-refractivity contribution in [2.75, 3.05) is 54.9 Å². The Morgan fingerprint density at radius 3 is 2.39 bits per heavy atom. The van der Waals surface area contributed by atoms with Crippen LogP contribution in [0.4, 0.5) is 17.5 Å². The number of carbonyl (C=O) groups is 1. The molecule has 10 heteroatoms. The number of hydrogen-bond acceptors (Lipinski definition) is 8. The highest BCUT2D eigenvalue weighted by atomic mass is 32.2. The van der Waals surface area contributed by atoms with Crippen LogP contribution in [-0.4, -0.2) is 64.6 Å². The molecule has 0 aliphatic carbocycles. The number of hydrogen-bond donors (Lipinski definition) is 1. The number of nitrogens with one attached hydrogen (secondary N) is 1. The maximum Gasteiger partial charge on any atom is 0.262 e. The fraction of sp³-hybridized carbons (Fsp3) is 0.389. The van der Waals surface area contributed by atoms with Crippen LogP contribution in [0.1, 0.15) is 17.3 Å². The second-order valence-electron chi connectivity index (χ2n) is 6.59. The van der Waals surface area contributed by atoms with Gasteiger partial charge in [0, 0.05) is 32.7 Å². The number of nitrogens with zero attached hydrogens (tertiary/aromatic N) is 4. The summed E-state index contributed by atoms with van der Waals surface area (Å²) in [4.78, 5) is 24.0. The highest BCUT2D eigenvalue weighted by Gasteiger charge is 2.21. The van der Waals surface area contributed by atoms with Crippen molar-refractivity contribution in [2.45, 2.75) is 11.8 Å². The van der Waals surface area contributed by atoms with Crippen molar-refractivity contribution in [1.29, 1.82) is 0 Å². The van der Waals surface area contributed by atoms with E-state index in [0.29, 0.717) is 43.6 Å². The number of morpholine rings is 1. The van der Waals surface area contributed by atoms with Gasteiger partial charge in [0.15, 0.2) is 11.6 Å². The summed E-state index contributed by atoms with van der Waals surface area (Å²) in [5, 5.41) is 0. The molecule has 2 aromatic rings. The first-order valence-electron chi connectivity index (χ1n) is 8.79. The number of Topliss-reactive ketones (excluding diaryl/α,β-unsaturated/α-hetero) is 1. The first kappa shape index (κ1) is 20.0. The van der Waals surface area contributed by atoms with E-state index in [2.05, 4.69) is 14.7 Å². The molecule has 1 saturated heterocycles. The van der Waals surface area contributed by atoms with Crippen molar-refractivity contribution in [1.82, 2.24) is 9.97 Å². The molecule has 0 radical (unpaired) electrons. The second kappa shape index (κ2) is 8.11. The van der Waals surface area contributed by atoms with Gasteiger partial charge >= 0.3 is 0 Å². The van der Waals surface area contributed by atoms with E-state index >= 15 is 0 Å². The topological polar surface area (TPSA) is 105 Å². The SMILES string of the molecule is CC(=O)c1ccc(S(=O)(=O)Nc2cnc(N3CCOCC3)nc2N(C)C)cc1. The number of aromatic nitrogens is 2. The molecular formula is C18H23N5O4S. The predicted molar refractivity (Wildman–Crippen MR) is 107 cm³/mol. The first-order valence-corrected chi connectivity index (χ1v) is 10.3. The van der Waals surface area contributed by atoms with E-state index in [1.807, 2.05) is 4.90 Å². The Morgan fingerprint density at radius 1 is 1.18 bits per heavy atom. The minimum atomic E-state index is -3.85. The molecule has 1 aromatic heterocycles. The van der Waals surface area contributed by atoms with Gasteiger partial charge in [-0.15, -0.1) is 0 Å². The normalized spacial score (nSPS) is 14.6. The van der Waals surface area contributed by atoms with Crippen molar-refractivity contribution in [3.63, 3.8) is 0 Å². The zero-order chi connectivity index (χ0) is 20.3. The molecule has 0 amide bonds. The van der Waals surface area contributed by atoms with E-state index in [-0.39, 0.29) is 16.4 Å². The van der Waals surface area contributed by atoms with Crippen molar-refractivity contribution < 1.29 is 17.9 Å². The molecule has 1 aliphatic rings. The average molecular weight is 405 g/mol. The van der Waals surface area contributed by atoms with E-state index in [0.717, 1.165) is 0 Å². The summed E-state index contributed by atoms with van der Waals surface area (Å²) in [6.07, 6.45) is 1.47. The largest absolute Gasteiger partial charge is 0.378 e. The van der Waals surface area contributed by atoms with Gasteiger partial charge in [0.25, 0.3) is 10.0 Å². The molecule has 0 bridgehead atoms. The zero-order valence-corrected chi connectivity index (χ0v) is 16.9. The second-order valence-corrected chi connectivity index (χ2v) is 8.27. The third-order valence-corrected chi connectivity index (χ3v) is 5.67. The van der Waals surface area contributed by atoms with Crippen LogP contribution >= 0.6 is 0 Å². The van der Waals surface area contributed by atoms with Gasteiger partial charge in [-0.1, -0.05) is 12.1 Å². The van der Waals surface area contributed by atoms with Gasteiger partial charge in [-0.3, -0.25) is 9.52 Å². The Bertz CT molecular complexity index is 954. The fourth-order valence-electron chi connectivity index (χ4n) is 2.76. The lowest BCUT2D eigenvalue weighted by Gasteiger charge is -2.28. The summed E-state index contributed by atoms with van der Waals surface area (Å²) in [5.41, 5.74) is 0.726. The Morgan fingerprint density at radius 2 is 1.82 bits per heavy atom. The van der Waals surface area contributed by atoms with Crippen LogP contribution < -0.4 is 14.5 Å². The van der Waals surface area contributed by atoms with Gasteiger partial charge in [0.1, 0.15) is 5.69 Å². The predicted octanol–water partition coefficient (Wildman–Crippen LogP) is 1.38. The molecule has 1 aliphatic heterocycles. The van der Waals surface area contributed by atoms with Crippen LogP contribution in [0.2, 0.25) is 0 Å². The Balaban J connectivity index is 1.88. The lowest BCUT2D eigenvalue weighted by molar-refractivity contribution is 0.101. The van der Waals surface area contributed by atoms with Gasteiger partial charge in [-0.05, 0) is 19.1 Å². The molecule has 1 aromatic carbocycles. The molecule has 9 nitrogen and oxygen atoms in total. The summed E-state index contributed by atoms with van der Waals surface area (Å²) in [6.45, 7) is 4.00. The summed E-state index contributed by atoms with van der Waals surface area (Å²) in [6, 6.07) is 5.78. The van der Waals surface area contributed by atoms with Crippen LogP contribution in [0.25, 0.3) is 0 Å². The van der Waals surface area contributed by atoms with Crippen LogP contribution in [0, 0.1) is 0 Å². The molecule has 150 valence electrons. The molecule has 28 heavy (non-hydrogen) atoms. The highest BCUT2D eigenvalue weighted by Crippen LogP contribution is 2.26. The van der Waals surface area contributed by atoms with Crippen LogP contribution in [0.5, 0.6) is 0 Å². The first-order chi connectivity index (χ1) is 13.3. The number of carbonyl (C=O) groups excluding carboxylic acids is 1. The Labute approximate surface area is 164 Å². The minimum Gasteiger partial charge on any atom is -0.378 e. The highest BCUT2D eigenvalue weighted by molar-refractivity contribution is 7.92. The summed E-state index contributed by atoms with van der Waals surface area (Å²) >= 11 is 0. The third-order valence-electron chi connectivity index (χ3n) is 4.29. The van der Waals surface area contributed by atoms with E-state index in [1.165, 1.54) is 37.4 Å². The zero-order valence-electron chi connectivity index (χ0n) is 16.0. The number of benzene rings is 1. The van der Waals surface area contributed by atoms with Gasteiger partial charge in [0.2, 0.25) is 5.95 Å². The Kier molecular flexibility index (Phi) is 5.80. The molecule has 3 rings (SSSR count). The monoisotopic (exact) mass is 405 g/mol. The number of rotatable bonds is 6. The molecule has 0 unspecified atom stereocenters. The van der Waals surface area contributed by atoms with E-state index < -0.39 is 10.0 Å². The number of anilines is 3. The number of sulfonamides is 1. The van der Waals surface area contributed by atoms with Crippen LogP contribution in [-0.2, 0) is 14.8 Å². The van der Waals surface area contributed by atoms with Gasteiger partial charge < -0.3 is 14.5 Å². The van der Waals surface area contributed by atoms with Gasteiger partial charge in [-0.2, -0.15) is 4.98 Å². The molecular weight excluding hydrogens is 382 g/mol. The third kappa shape index (κ3) is 4.39. The average Bonchev–Trinajstić information content (AvgIpc) is 2.68. The molecule has 0 atom stereocenters. The van der Waals surface area contributed by atoms with Crippen molar-refractivity contribution in [2.24, 2.45) is 0 Å². The van der Waals surface area contributed by atoms with E-state index in [4.69, 9.17) is 4.74 Å². The lowest BCUT2D eigenvalue weighted by Crippen LogP contribution is -2.37. The molecule has 1 fully saturated rings. The molecule has 0 saturated carbocycles. The number of ether oxygens (including phenoxy) is 1. The van der Waals surface area contributed by atoms with Gasteiger partial charge in [-0.25, -0.2) is 13.4 Å². The van der Waals surface area contributed by atoms with Crippen LogP contribution in [0.15, 0.2) is 35.4 Å². The van der Waals surface area contributed by atoms with E-state index in [9.17, 15) is 13.2 Å². The maximum atomic E-state index is 12.7. The number of ketones is 1. The summed E-state index contributed by atoms with van der Waals surface area (Å²) < 4.78 is 33.4. The molecule has 0 spiro atoms. The van der Waals surface area contributed by atoms with Crippen molar-refractivity contribution in [3.8, 4) is 0 Å². The van der Waals surface area contributed by atoms with Gasteiger partial charge in [0.05, 0.1) is 24.3 Å². The van der Waals surface area contributed by atoms with Crippen molar-refractivity contribution >= 4 is 33.3 Å². The Hall–Kier alpha value is -2.72. The maximum absolute atomic E-state index is 12.7. The quantitative estimate of drug-likeness (QED) is 0.719. The van der Waals surface area contributed by atoms with Crippen molar-refractivity contribution in [3.05, 3.63) is 36.0 Å². The summed E-state index contributed by atoms with van der Waals surface area (Å²) in [7, 11) is -0.286. The smallest absolute Gasteiger partial charge is 0.262 e. The fourth-order valence-corrected chi connectivity index (χ4v) is 3.81. The lowest BCUT2D eigenvalue weighted by atomic mass is 10.2. The minimum absolute atomic E-state index is 0.0551. The summed E-state index contributed by atoms with van der Waals surface area (Å²) in [5.74, 6) is 0.861. The van der Waals surface area contributed by atoms with E-state index in [1.54, 1.807) is 19.0 Å². The van der Waals surface area contributed by atoms with Crippen LogP contribution in [0.3, 0.4) is 0 Å². The molecule has 2 heterocycles.